The lowest BCUT2D eigenvalue weighted by molar-refractivity contribution is -0.137. The molecule has 3 aromatic carbocycles. The van der Waals surface area contributed by atoms with Crippen LogP contribution in [0.2, 0.25) is 0 Å². The summed E-state index contributed by atoms with van der Waals surface area (Å²) in [4.78, 5) is 28.3. The Morgan fingerprint density at radius 1 is 1.00 bits per heavy atom. The number of aliphatic hydroxyl groups excluding tert-OH is 1. The first kappa shape index (κ1) is 32.2. The van der Waals surface area contributed by atoms with E-state index < -0.39 is 35.3 Å². The van der Waals surface area contributed by atoms with Crippen LogP contribution in [-0.4, -0.2) is 46.7 Å². The zero-order valence-electron chi connectivity index (χ0n) is 25.7. The number of halogens is 3. The molecule has 0 bridgehead atoms. The third kappa shape index (κ3) is 7.23. The van der Waals surface area contributed by atoms with E-state index in [1.165, 1.54) is 6.07 Å². The van der Waals surface area contributed by atoms with Crippen molar-refractivity contribution in [1.29, 1.82) is 0 Å². The van der Waals surface area contributed by atoms with Crippen LogP contribution in [0, 0.1) is 0 Å². The summed E-state index contributed by atoms with van der Waals surface area (Å²) in [6.07, 6.45) is -2.08. The van der Waals surface area contributed by atoms with Gasteiger partial charge in [-0.05, 0) is 75.1 Å². The Morgan fingerprint density at radius 2 is 1.73 bits per heavy atom. The van der Waals surface area contributed by atoms with Crippen LogP contribution in [0.4, 0.5) is 18.9 Å². The maximum Gasteiger partial charge on any atom is 0.416 e. The van der Waals surface area contributed by atoms with Gasteiger partial charge in [0.2, 0.25) is 5.91 Å². The van der Waals surface area contributed by atoms with Gasteiger partial charge in [0.15, 0.2) is 0 Å². The van der Waals surface area contributed by atoms with E-state index in [2.05, 4.69) is 10.6 Å². The van der Waals surface area contributed by atoms with E-state index in [1.807, 2.05) is 54.1 Å². The van der Waals surface area contributed by atoms with Gasteiger partial charge in [0, 0.05) is 48.7 Å². The van der Waals surface area contributed by atoms with Gasteiger partial charge in [0.25, 0.3) is 5.91 Å². The molecule has 0 spiro atoms. The average molecular weight is 621 g/mol. The molecule has 238 valence electrons. The average Bonchev–Trinajstić information content (AvgIpc) is 3.65. The Morgan fingerprint density at radius 3 is 2.40 bits per heavy atom. The molecule has 45 heavy (non-hydrogen) atoms. The number of rotatable bonds is 11. The number of hydrogen-bond donors (Lipinski definition) is 3. The second kappa shape index (κ2) is 13.1. The number of carbonyl (C=O) groups excluding carboxylic acids is 2. The van der Waals surface area contributed by atoms with Crippen molar-refractivity contribution in [3.05, 3.63) is 101 Å². The first-order valence-corrected chi connectivity index (χ1v) is 15.3. The summed E-state index contributed by atoms with van der Waals surface area (Å²) in [5.41, 5.74) is 1.57. The number of carbonyl (C=O) groups is 2. The molecular formula is C35H39F3N4O3. The molecule has 2 amide bonds. The van der Waals surface area contributed by atoms with Crippen molar-refractivity contribution < 1.29 is 27.9 Å². The van der Waals surface area contributed by atoms with E-state index in [0.29, 0.717) is 42.7 Å². The molecule has 1 saturated heterocycles. The number of hydrogen-bond acceptors (Lipinski definition) is 4. The van der Waals surface area contributed by atoms with Crippen LogP contribution < -0.4 is 15.5 Å². The summed E-state index contributed by atoms with van der Waals surface area (Å²) in [6, 6.07) is 19.3. The third-order valence-electron chi connectivity index (χ3n) is 8.58. The number of aryl methyl sites for hydroxylation is 1. The number of benzene rings is 3. The lowest BCUT2D eigenvalue weighted by Crippen LogP contribution is -2.51. The number of aliphatic hydroxyl groups is 1. The Hall–Kier alpha value is -4.15. The molecule has 1 aromatic heterocycles. The summed E-state index contributed by atoms with van der Waals surface area (Å²) in [6.45, 7) is 6.78. The van der Waals surface area contributed by atoms with Crippen molar-refractivity contribution in [3.63, 3.8) is 0 Å². The molecule has 1 fully saturated rings. The lowest BCUT2D eigenvalue weighted by Gasteiger charge is -2.32. The highest BCUT2D eigenvalue weighted by molar-refractivity contribution is 6.08. The summed E-state index contributed by atoms with van der Waals surface area (Å²) in [5.74, 6) is -0.379. The molecule has 5 rings (SSSR count). The molecule has 2 atom stereocenters. The van der Waals surface area contributed by atoms with Gasteiger partial charge in [-0.3, -0.25) is 9.59 Å². The topological polar surface area (TPSA) is 86.6 Å². The van der Waals surface area contributed by atoms with E-state index in [-0.39, 0.29) is 12.5 Å². The van der Waals surface area contributed by atoms with Gasteiger partial charge >= 0.3 is 6.18 Å². The second-order valence-electron chi connectivity index (χ2n) is 12.1. The molecule has 0 radical (unpaired) electrons. The minimum Gasteiger partial charge on any atom is -0.390 e. The number of nitrogens with one attached hydrogen (secondary N) is 2. The maximum atomic E-state index is 13.9. The van der Waals surface area contributed by atoms with Crippen molar-refractivity contribution in [2.75, 3.05) is 18.0 Å². The Balaban J connectivity index is 1.40. The van der Waals surface area contributed by atoms with Gasteiger partial charge in [-0.1, -0.05) is 42.5 Å². The van der Waals surface area contributed by atoms with E-state index in [9.17, 15) is 27.9 Å². The number of anilines is 1. The highest BCUT2D eigenvalue weighted by Gasteiger charge is 2.33. The third-order valence-corrected chi connectivity index (χ3v) is 8.58. The van der Waals surface area contributed by atoms with Crippen LogP contribution in [0.1, 0.15) is 60.7 Å². The summed E-state index contributed by atoms with van der Waals surface area (Å²) < 4.78 is 42.1. The van der Waals surface area contributed by atoms with Gasteiger partial charge in [-0.25, -0.2) is 0 Å². The Bertz CT molecular complexity index is 1670. The van der Waals surface area contributed by atoms with E-state index >= 15 is 0 Å². The summed E-state index contributed by atoms with van der Waals surface area (Å²) in [5, 5.41) is 18.5. The molecule has 0 unspecified atom stereocenters. The molecule has 0 aliphatic carbocycles. The zero-order valence-corrected chi connectivity index (χ0v) is 25.7. The van der Waals surface area contributed by atoms with E-state index in [4.69, 9.17) is 0 Å². The molecule has 4 aromatic rings. The first-order valence-electron chi connectivity index (χ1n) is 15.3. The minimum atomic E-state index is -4.47. The van der Waals surface area contributed by atoms with Crippen molar-refractivity contribution in [2.24, 2.45) is 0 Å². The predicted molar refractivity (Wildman–Crippen MR) is 169 cm³/mol. The molecule has 3 N–H and O–H groups in total. The van der Waals surface area contributed by atoms with Crippen molar-refractivity contribution in [2.45, 2.75) is 70.4 Å². The maximum absolute atomic E-state index is 13.9. The highest BCUT2D eigenvalue weighted by Crippen LogP contribution is 2.34. The summed E-state index contributed by atoms with van der Waals surface area (Å²) >= 11 is 0. The molecule has 0 saturated carbocycles. The fourth-order valence-corrected chi connectivity index (χ4v) is 5.90. The van der Waals surface area contributed by atoms with Crippen LogP contribution in [0.25, 0.3) is 10.9 Å². The largest absolute Gasteiger partial charge is 0.416 e. The molecule has 1 aliphatic rings. The quantitative estimate of drug-likeness (QED) is 0.191. The first-order chi connectivity index (χ1) is 21.4. The van der Waals surface area contributed by atoms with Crippen LogP contribution in [-0.2, 0) is 29.5 Å². The van der Waals surface area contributed by atoms with Gasteiger partial charge in [0.1, 0.15) is 0 Å². The minimum absolute atomic E-state index is 0.00623. The van der Waals surface area contributed by atoms with Gasteiger partial charge < -0.3 is 25.2 Å². The van der Waals surface area contributed by atoms with Crippen LogP contribution in [0.15, 0.2) is 79.0 Å². The van der Waals surface area contributed by atoms with Gasteiger partial charge in [-0.15, -0.1) is 0 Å². The second-order valence-corrected chi connectivity index (χ2v) is 12.1. The number of amides is 2. The van der Waals surface area contributed by atoms with Crippen LogP contribution in [0.5, 0.6) is 0 Å². The summed E-state index contributed by atoms with van der Waals surface area (Å²) in [7, 11) is 0. The van der Waals surface area contributed by atoms with Crippen molar-refractivity contribution >= 4 is 28.4 Å². The monoisotopic (exact) mass is 620 g/mol. The Kier molecular flexibility index (Phi) is 9.36. The standard InChI is InChI=1S/C35H39F3N4O3/c1-4-41-17-15-27-29(41)19-24(20-30(27)42-16-9-14-32(42)44)33(45)40-28(18-23-10-6-5-7-11-23)31(43)22-39-34(2,3)25-12-8-13-26(21-25)35(36,37)38/h5-8,10-13,15,17,19-21,28,31,39,43H,4,9,14,16,18,22H2,1-3H3,(H,40,45)/t28-,31-/m0/s1. The van der Waals surface area contributed by atoms with Crippen LogP contribution >= 0.6 is 0 Å². The van der Waals surface area contributed by atoms with E-state index in [0.717, 1.165) is 35.0 Å². The SMILES string of the molecule is CCn1ccc2c(N3CCCC3=O)cc(C(=O)N[C@@H](Cc3ccccc3)[C@@H](O)CNC(C)(C)c3cccc(C(F)(F)F)c3)cc21. The van der Waals surface area contributed by atoms with Crippen molar-refractivity contribution in [3.8, 4) is 0 Å². The van der Waals surface area contributed by atoms with Gasteiger partial charge in [0.05, 0.1) is 28.9 Å². The van der Waals surface area contributed by atoms with E-state index in [1.54, 1.807) is 36.9 Å². The Labute approximate surface area is 261 Å². The molecular weight excluding hydrogens is 581 g/mol. The number of alkyl halides is 3. The smallest absolute Gasteiger partial charge is 0.390 e. The number of fused-ring (bicyclic) bond motifs is 1. The highest BCUT2D eigenvalue weighted by atomic mass is 19.4. The molecule has 1 aliphatic heterocycles. The number of aromatic nitrogens is 1. The van der Waals surface area contributed by atoms with Crippen molar-refractivity contribution in [1.82, 2.24) is 15.2 Å². The normalized spacial score (nSPS) is 15.4. The lowest BCUT2D eigenvalue weighted by atomic mass is 9.92. The predicted octanol–water partition coefficient (Wildman–Crippen LogP) is 6.03. The fourth-order valence-electron chi connectivity index (χ4n) is 5.90. The van der Waals surface area contributed by atoms with Crippen LogP contribution in [0.3, 0.4) is 0 Å². The molecule has 2 heterocycles. The fraction of sp³-hybridized carbons (Fsp3) is 0.371. The molecule has 7 nitrogen and oxygen atoms in total. The molecule has 10 heteroatoms. The van der Waals surface area contributed by atoms with Gasteiger partial charge in [-0.2, -0.15) is 13.2 Å². The number of nitrogens with zero attached hydrogens (tertiary/aromatic N) is 2. The zero-order chi connectivity index (χ0) is 32.4.